The van der Waals surface area contributed by atoms with Gasteiger partial charge in [-0.25, -0.2) is 0 Å². The van der Waals surface area contributed by atoms with Gasteiger partial charge in [0, 0.05) is 24.1 Å². The average Bonchev–Trinajstić information content (AvgIpc) is 2.86. The molecule has 3 rings (SSSR count). The average molecular weight is 459 g/mol. The highest BCUT2D eigenvalue weighted by atomic mass is 16.5. The van der Waals surface area contributed by atoms with Crippen molar-refractivity contribution < 1.29 is 9.53 Å². The maximum absolute atomic E-state index is 12.4. The fourth-order valence-corrected chi connectivity index (χ4v) is 4.80. The molecule has 3 aromatic carbocycles. The summed E-state index contributed by atoms with van der Waals surface area (Å²) in [6, 6.07) is 29.2. The summed E-state index contributed by atoms with van der Waals surface area (Å²) in [4.78, 5) is 14.5. The molecule has 3 aromatic rings. The van der Waals surface area contributed by atoms with Gasteiger partial charge in [0.25, 0.3) is 0 Å². The molecule has 2 N–H and O–H groups in total. The number of nitrogen functional groups attached to an aromatic ring is 1. The lowest BCUT2D eigenvalue weighted by Gasteiger charge is -2.41. The van der Waals surface area contributed by atoms with Crippen LogP contribution in [0.15, 0.2) is 84.9 Å². The van der Waals surface area contributed by atoms with E-state index in [0.717, 1.165) is 24.9 Å². The van der Waals surface area contributed by atoms with Gasteiger partial charge in [-0.05, 0) is 54.6 Å². The predicted molar refractivity (Wildman–Crippen MR) is 141 cm³/mol. The summed E-state index contributed by atoms with van der Waals surface area (Å²) in [5, 5.41) is 0. The molecule has 34 heavy (non-hydrogen) atoms. The molecule has 0 bridgehead atoms. The number of esters is 1. The summed E-state index contributed by atoms with van der Waals surface area (Å²) in [6.07, 6.45) is 3.15. The molecule has 0 aliphatic heterocycles. The monoisotopic (exact) mass is 458 g/mol. The summed E-state index contributed by atoms with van der Waals surface area (Å²) < 4.78 is 5.61. The molecule has 0 amide bonds. The van der Waals surface area contributed by atoms with Crippen LogP contribution in [-0.2, 0) is 21.4 Å². The summed E-state index contributed by atoms with van der Waals surface area (Å²) in [6.45, 7) is 5.70. The number of carbonyl (C=O) groups excluding carboxylic acids is 1. The molecule has 4 heteroatoms. The van der Waals surface area contributed by atoms with Crippen molar-refractivity contribution in [3.05, 3.63) is 102 Å². The van der Waals surface area contributed by atoms with Crippen molar-refractivity contribution in [2.24, 2.45) is 5.92 Å². The number of nitrogens with zero attached hydrogens (tertiary/aromatic N) is 1. The van der Waals surface area contributed by atoms with Crippen LogP contribution in [0.2, 0.25) is 0 Å². The molecule has 0 heterocycles. The van der Waals surface area contributed by atoms with Gasteiger partial charge in [-0.1, -0.05) is 93.1 Å². The summed E-state index contributed by atoms with van der Waals surface area (Å²) in [5.74, 6) is 0.175. The maximum atomic E-state index is 12.4. The lowest BCUT2D eigenvalue weighted by Crippen LogP contribution is -2.41. The zero-order chi connectivity index (χ0) is 24.4. The van der Waals surface area contributed by atoms with Crippen LogP contribution in [0.4, 0.5) is 5.69 Å². The minimum atomic E-state index is -0.185. The van der Waals surface area contributed by atoms with Crippen LogP contribution < -0.4 is 5.73 Å². The zero-order valence-corrected chi connectivity index (χ0v) is 20.7. The molecule has 0 saturated carbocycles. The van der Waals surface area contributed by atoms with E-state index in [9.17, 15) is 4.79 Å². The van der Waals surface area contributed by atoms with Crippen molar-refractivity contribution >= 4 is 11.7 Å². The third kappa shape index (κ3) is 6.71. The van der Waals surface area contributed by atoms with Crippen molar-refractivity contribution in [1.82, 2.24) is 4.90 Å². The Labute approximate surface area is 204 Å². The van der Waals surface area contributed by atoms with Crippen molar-refractivity contribution in [2.75, 3.05) is 26.1 Å². The molecule has 4 nitrogen and oxygen atoms in total. The largest absolute Gasteiger partial charge is 0.449 e. The topological polar surface area (TPSA) is 55.6 Å². The summed E-state index contributed by atoms with van der Waals surface area (Å²) >= 11 is 0. The Morgan fingerprint density at radius 1 is 0.971 bits per heavy atom. The van der Waals surface area contributed by atoms with E-state index < -0.39 is 0 Å². The van der Waals surface area contributed by atoms with E-state index in [2.05, 4.69) is 79.4 Å². The molecule has 1 atom stereocenters. The first-order valence-corrected chi connectivity index (χ1v) is 12.2. The lowest BCUT2D eigenvalue weighted by molar-refractivity contribution is -0.148. The van der Waals surface area contributed by atoms with Gasteiger partial charge in [0.1, 0.15) is 6.73 Å². The third-order valence-electron chi connectivity index (χ3n) is 6.75. The second-order valence-electron chi connectivity index (χ2n) is 9.35. The van der Waals surface area contributed by atoms with E-state index >= 15 is 0 Å². The van der Waals surface area contributed by atoms with Gasteiger partial charge in [0.2, 0.25) is 0 Å². The van der Waals surface area contributed by atoms with Crippen LogP contribution >= 0.6 is 0 Å². The first-order chi connectivity index (χ1) is 16.4. The molecule has 0 fully saturated rings. The maximum Gasteiger partial charge on any atom is 0.307 e. The molecule has 180 valence electrons. The fraction of sp³-hybridized carbons (Fsp3) is 0.367. The Kier molecular flexibility index (Phi) is 9.29. The molecular weight excluding hydrogens is 420 g/mol. The highest BCUT2D eigenvalue weighted by molar-refractivity contribution is 5.69. The first kappa shape index (κ1) is 25.5. The van der Waals surface area contributed by atoms with Crippen LogP contribution in [0.1, 0.15) is 49.8 Å². The van der Waals surface area contributed by atoms with Gasteiger partial charge in [0.05, 0.1) is 0 Å². The van der Waals surface area contributed by atoms with Gasteiger partial charge in [0.15, 0.2) is 0 Å². The van der Waals surface area contributed by atoms with E-state index in [1.54, 1.807) is 0 Å². The van der Waals surface area contributed by atoms with Crippen LogP contribution in [0.25, 0.3) is 0 Å². The van der Waals surface area contributed by atoms with E-state index in [4.69, 9.17) is 10.5 Å². The first-order valence-electron chi connectivity index (χ1n) is 12.2. The second-order valence-corrected chi connectivity index (χ2v) is 9.35. The highest BCUT2D eigenvalue weighted by Crippen LogP contribution is 2.41. The number of rotatable bonds is 12. The second kappa shape index (κ2) is 12.4. The molecule has 1 unspecified atom stereocenters. The zero-order valence-electron chi connectivity index (χ0n) is 20.7. The molecule has 0 spiro atoms. The van der Waals surface area contributed by atoms with E-state index in [-0.39, 0.29) is 18.1 Å². The van der Waals surface area contributed by atoms with Gasteiger partial charge in [-0.15, -0.1) is 0 Å². The Morgan fingerprint density at radius 2 is 1.59 bits per heavy atom. The molecule has 0 aliphatic rings. The van der Waals surface area contributed by atoms with Crippen molar-refractivity contribution in [2.45, 2.75) is 44.9 Å². The number of hydrogen-bond acceptors (Lipinski definition) is 4. The predicted octanol–water partition coefficient (Wildman–Crippen LogP) is 6.06. The summed E-state index contributed by atoms with van der Waals surface area (Å²) in [7, 11) is 2.03. The van der Waals surface area contributed by atoms with E-state index in [1.807, 2.05) is 31.3 Å². The van der Waals surface area contributed by atoms with Crippen LogP contribution in [0.3, 0.4) is 0 Å². The molecular formula is C30H38N2O2. The number of aryl methyl sites for hydroxylation is 1. The van der Waals surface area contributed by atoms with E-state index in [0.29, 0.717) is 24.4 Å². The fourth-order valence-electron chi connectivity index (χ4n) is 4.80. The minimum absolute atomic E-state index is 0.149. The van der Waals surface area contributed by atoms with Gasteiger partial charge >= 0.3 is 5.97 Å². The number of anilines is 1. The number of hydrogen-bond donors (Lipinski definition) is 1. The lowest BCUT2D eigenvalue weighted by atomic mass is 9.65. The molecule has 0 radical (unpaired) electrons. The van der Waals surface area contributed by atoms with Crippen molar-refractivity contribution in [3.63, 3.8) is 0 Å². The number of benzene rings is 3. The molecule has 0 aromatic heterocycles. The van der Waals surface area contributed by atoms with Gasteiger partial charge in [-0.3, -0.25) is 9.69 Å². The van der Waals surface area contributed by atoms with Gasteiger partial charge in [-0.2, -0.15) is 0 Å². The van der Waals surface area contributed by atoms with Crippen molar-refractivity contribution in [1.29, 1.82) is 0 Å². The van der Waals surface area contributed by atoms with Crippen molar-refractivity contribution in [3.8, 4) is 0 Å². The standard InChI is InChI=1S/C30H38N2O2/c1-4-12-27(30(2,25-14-7-5-8-15-25)26-16-9-6-10-17-26)22-32(3)23-34-29(33)20-19-24-13-11-18-28(31)21-24/h5-11,13-18,21,27H,4,12,19-20,22-23,31H2,1-3H3. The molecule has 0 aliphatic carbocycles. The van der Waals surface area contributed by atoms with Crippen LogP contribution in [0, 0.1) is 5.92 Å². The number of nitrogens with two attached hydrogens (primary N) is 1. The Hall–Kier alpha value is -3.11. The van der Waals surface area contributed by atoms with Gasteiger partial charge < -0.3 is 10.5 Å². The smallest absolute Gasteiger partial charge is 0.307 e. The number of ether oxygens (including phenoxy) is 1. The quantitative estimate of drug-likeness (QED) is 0.204. The van der Waals surface area contributed by atoms with Crippen LogP contribution in [-0.4, -0.2) is 31.2 Å². The SMILES string of the molecule is CCCC(CN(C)COC(=O)CCc1cccc(N)c1)C(C)(c1ccccc1)c1ccccc1. The minimum Gasteiger partial charge on any atom is -0.449 e. The number of carbonyl (C=O) groups is 1. The Balaban J connectivity index is 1.66. The van der Waals surface area contributed by atoms with Crippen LogP contribution in [0.5, 0.6) is 0 Å². The highest BCUT2D eigenvalue weighted by Gasteiger charge is 2.37. The third-order valence-corrected chi connectivity index (χ3v) is 6.75. The Bertz CT molecular complexity index is 981. The summed E-state index contributed by atoms with van der Waals surface area (Å²) in [5.41, 5.74) is 10.1. The molecule has 0 saturated heterocycles. The Morgan fingerprint density at radius 3 is 2.15 bits per heavy atom. The van der Waals surface area contributed by atoms with E-state index in [1.165, 1.54) is 11.1 Å². The normalized spacial score (nSPS) is 12.5.